The lowest BCUT2D eigenvalue weighted by atomic mass is 9.97. The Kier molecular flexibility index (Phi) is 6.03. The van der Waals surface area contributed by atoms with Crippen molar-refractivity contribution in [3.05, 3.63) is 41.7 Å². The number of anilines is 1. The summed E-state index contributed by atoms with van der Waals surface area (Å²) < 4.78 is 30.3. The first-order valence-electron chi connectivity index (χ1n) is 8.64. The van der Waals surface area contributed by atoms with Gasteiger partial charge in [0, 0.05) is 37.6 Å². The molecule has 136 valence electrons. The van der Waals surface area contributed by atoms with Crippen molar-refractivity contribution in [2.45, 2.75) is 26.2 Å². The summed E-state index contributed by atoms with van der Waals surface area (Å²) in [6.45, 7) is 4.00. The van der Waals surface area contributed by atoms with Crippen LogP contribution in [0.15, 0.2) is 30.3 Å². The lowest BCUT2D eigenvalue weighted by Crippen LogP contribution is -2.39. The molecule has 0 aliphatic carbocycles. The Bertz CT molecular complexity index is 769. The lowest BCUT2D eigenvalue weighted by Gasteiger charge is -2.31. The molecule has 0 bridgehead atoms. The van der Waals surface area contributed by atoms with Gasteiger partial charge in [-0.25, -0.2) is 18.1 Å². The smallest absolute Gasteiger partial charge is 0.211 e. The fourth-order valence-corrected chi connectivity index (χ4v) is 4.33. The minimum absolute atomic E-state index is 0.140. The molecule has 0 amide bonds. The third-order valence-electron chi connectivity index (χ3n) is 4.52. The number of hydrogen-bond acceptors (Lipinski definition) is 6. The Hall–Kier alpha value is -1.51. The second kappa shape index (κ2) is 8.25. The lowest BCUT2D eigenvalue weighted by molar-refractivity contribution is 0.402. The summed E-state index contributed by atoms with van der Waals surface area (Å²) in [7, 11) is -3.09. The predicted molar refractivity (Wildman–Crippen MR) is 102 cm³/mol. The summed E-state index contributed by atoms with van der Waals surface area (Å²) in [5.74, 6) is 1.40. The van der Waals surface area contributed by atoms with Crippen molar-refractivity contribution in [3.63, 3.8) is 0 Å². The second-order valence-corrected chi connectivity index (χ2v) is 9.16. The first kappa shape index (κ1) is 18.3. The standard InChI is InChI=1S/C17H24N4O2S2/c1-2-25(22,23)18-13-15-8-10-21(11-9-15)17-19-16(20-24-17)12-14-6-4-3-5-7-14/h3-7,15,18H,2,8-13H2,1H3. The van der Waals surface area contributed by atoms with Gasteiger partial charge in [0.2, 0.25) is 15.2 Å². The first-order valence-corrected chi connectivity index (χ1v) is 11.1. The second-order valence-electron chi connectivity index (χ2n) is 6.34. The molecule has 8 heteroatoms. The number of benzene rings is 1. The Labute approximate surface area is 153 Å². The first-order chi connectivity index (χ1) is 12.1. The molecule has 1 N–H and O–H groups in total. The number of hydrogen-bond donors (Lipinski definition) is 1. The quantitative estimate of drug-likeness (QED) is 0.798. The van der Waals surface area contributed by atoms with E-state index in [0.717, 1.165) is 43.3 Å². The average Bonchev–Trinajstić information content (AvgIpc) is 3.10. The Balaban J connectivity index is 1.50. The van der Waals surface area contributed by atoms with E-state index in [1.165, 1.54) is 17.1 Å². The van der Waals surface area contributed by atoms with Crippen molar-refractivity contribution in [2.24, 2.45) is 5.92 Å². The molecule has 1 fully saturated rings. The molecular formula is C17H24N4O2S2. The largest absolute Gasteiger partial charge is 0.347 e. The van der Waals surface area contributed by atoms with Crippen LogP contribution in [-0.4, -0.2) is 43.2 Å². The molecule has 0 saturated carbocycles. The van der Waals surface area contributed by atoms with Gasteiger partial charge in [-0.15, -0.1) is 0 Å². The molecule has 0 spiro atoms. The normalized spacial score (nSPS) is 16.3. The fraction of sp³-hybridized carbons (Fsp3) is 0.529. The summed E-state index contributed by atoms with van der Waals surface area (Å²) in [4.78, 5) is 6.94. The molecule has 0 atom stereocenters. The highest BCUT2D eigenvalue weighted by atomic mass is 32.2. The van der Waals surface area contributed by atoms with Gasteiger partial charge in [-0.1, -0.05) is 30.3 Å². The molecule has 1 aromatic heterocycles. The zero-order valence-electron chi connectivity index (χ0n) is 14.4. The van der Waals surface area contributed by atoms with Crippen LogP contribution < -0.4 is 9.62 Å². The highest BCUT2D eigenvalue weighted by Gasteiger charge is 2.23. The molecule has 3 rings (SSSR count). The molecule has 25 heavy (non-hydrogen) atoms. The van der Waals surface area contributed by atoms with Crippen molar-refractivity contribution in [1.29, 1.82) is 0 Å². The van der Waals surface area contributed by atoms with Crippen molar-refractivity contribution in [1.82, 2.24) is 14.1 Å². The maximum Gasteiger partial charge on any atom is 0.211 e. The molecule has 0 unspecified atom stereocenters. The molecule has 1 aliphatic rings. The number of nitrogens with zero attached hydrogens (tertiary/aromatic N) is 3. The molecule has 1 aliphatic heterocycles. The third kappa shape index (κ3) is 5.23. The van der Waals surface area contributed by atoms with Crippen molar-refractivity contribution in [3.8, 4) is 0 Å². The molecule has 2 aromatic rings. The van der Waals surface area contributed by atoms with Gasteiger partial charge in [0.1, 0.15) is 5.82 Å². The van der Waals surface area contributed by atoms with Crippen LogP contribution in [0.25, 0.3) is 0 Å². The van der Waals surface area contributed by atoms with E-state index in [1.54, 1.807) is 6.92 Å². The van der Waals surface area contributed by atoms with Crippen LogP contribution >= 0.6 is 11.5 Å². The Morgan fingerprint density at radius 1 is 1.24 bits per heavy atom. The Morgan fingerprint density at radius 3 is 2.64 bits per heavy atom. The van der Waals surface area contributed by atoms with E-state index in [1.807, 2.05) is 18.2 Å². The summed E-state index contributed by atoms with van der Waals surface area (Å²) in [6, 6.07) is 10.2. The van der Waals surface area contributed by atoms with Crippen LogP contribution in [0.2, 0.25) is 0 Å². The number of rotatable bonds is 7. The van der Waals surface area contributed by atoms with Gasteiger partial charge in [0.05, 0.1) is 5.75 Å². The zero-order chi connectivity index (χ0) is 17.7. The number of aromatic nitrogens is 2. The highest BCUT2D eigenvalue weighted by molar-refractivity contribution is 7.89. The topological polar surface area (TPSA) is 75.2 Å². The fourth-order valence-electron chi connectivity index (χ4n) is 2.90. The number of nitrogens with one attached hydrogen (secondary N) is 1. The average molecular weight is 381 g/mol. The minimum Gasteiger partial charge on any atom is -0.347 e. The minimum atomic E-state index is -3.09. The van der Waals surface area contributed by atoms with E-state index < -0.39 is 10.0 Å². The van der Waals surface area contributed by atoms with E-state index in [-0.39, 0.29) is 5.75 Å². The van der Waals surface area contributed by atoms with Gasteiger partial charge < -0.3 is 4.90 Å². The molecule has 1 saturated heterocycles. The summed E-state index contributed by atoms with van der Waals surface area (Å²) in [6.07, 6.45) is 2.70. The zero-order valence-corrected chi connectivity index (χ0v) is 16.0. The SMILES string of the molecule is CCS(=O)(=O)NCC1CCN(c2nc(Cc3ccccc3)ns2)CC1. The molecular weight excluding hydrogens is 356 g/mol. The number of sulfonamides is 1. The van der Waals surface area contributed by atoms with Crippen LogP contribution in [0, 0.1) is 5.92 Å². The molecule has 0 radical (unpaired) electrons. The maximum atomic E-state index is 11.5. The van der Waals surface area contributed by atoms with E-state index in [9.17, 15) is 8.42 Å². The summed E-state index contributed by atoms with van der Waals surface area (Å²) in [5, 5.41) is 0.971. The van der Waals surface area contributed by atoms with E-state index in [0.29, 0.717) is 12.5 Å². The molecule has 6 nitrogen and oxygen atoms in total. The third-order valence-corrected chi connectivity index (χ3v) is 6.70. The van der Waals surface area contributed by atoms with Crippen molar-refractivity contribution in [2.75, 3.05) is 30.3 Å². The van der Waals surface area contributed by atoms with Crippen LogP contribution in [0.1, 0.15) is 31.2 Å². The summed E-state index contributed by atoms with van der Waals surface area (Å²) in [5.41, 5.74) is 1.22. The van der Waals surface area contributed by atoms with Crippen LogP contribution in [-0.2, 0) is 16.4 Å². The van der Waals surface area contributed by atoms with Crippen molar-refractivity contribution < 1.29 is 8.42 Å². The van der Waals surface area contributed by atoms with Gasteiger partial charge in [0.15, 0.2) is 0 Å². The van der Waals surface area contributed by atoms with Gasteiger partial charge in [-0.3, -0.25) is 0 Å². The Morgan fingerprint density at radius 2 is 1.96 bits per heavy atom. The van der Waals surface area contributed by atoms with Gasteiger partial charge in [-0.05, 0) is 31.2 Å². The highest BCUT2D eigenvalue weighted by Crippen LogP contribution is 2.25. The van der Waals surface area contributed by atoms with Gasteiger partial charge >= 0.3 is 0 Å². The molecule has 2 heterocycles. The van der Waals surface area contributed by atoms with Crippen LogP contribution in [0.3, 0.4) is 0 Å². The van der Waals surface area contributed by atoms with E-state index in [4.69, 9.17) is 0 Å². The van der Waals surface area contributed by atoms with Crippen molar-refractivity contribution >= 4 is 26.7 Å². The monoisotopic (exact) mass is 380 g/mol. The van der Waals surface area contributed by atoms with E-state index in [2.05, 4.69) is 31.1 Å². The van der Waals surface area contributed by atoms with Crippen LogP contribution in [0.4, 0.5) is 5.13 Å². The van der Waals surface area contributed by atoms with E-state index >= 15 is 0 Å². The van der Waals surface area contributed by atoms with Gasteiger partial charge in [0.25, 0.3) is 0 Å². The van der Waals surface area contributed by atoms with Crippen LogP contribution in [0.5, 0.6) is 0 Å². The maximum absolute atomic E-state index is 11.5. The predicted octanol–water partition coefficient (Wildman–Crippen LogP) is 2.28. The van der Waals surface area contributed by atoms with Gasteiger partial charge in [-0.2, -0.15) is 4.37 Å². The number of piperidine rings is 1. The molecule has 1 aromatic carbocycles. The summed E-state index contributed by atoms with van der Waals surface area (Å²) >= 11 is 1.45.